The summed E-state index contributed by atoms with van der Waals surface area (Å²) in [5.41, 5.74) is 6.99. The van der Waals surface area contributed by atoms with Gasteiger partial charge in [-0.15, -0.1) is 5.10 Å². The van der Waals surface area contributed by atoms with Gasteiger partial charge in [0.25, 0.3) is 5.56 Å². The highest BCUT2D eigenvalue weighted by Crippen LogP contribution is 2.30. The van der Waals surface area contributed by atoms with Gasteiger partial charge in [0.15, 0.2) is 5.13 Å². The number of nitrogens with zero attached hydrogens (tertiary/aromatic N) is 4. The molecule has 3 aromatic rings. The maximum atomic E-state index is 12.3. The number of nitrogens with two attached hydrogens (primary N) is 1. The van der Waals surface area contributed by atoms with Gasteiger partial charge in [-0.2, -0.15) is 0 Å². The van der Waals surface area contributed by atoms with Crippen molar-refractivity contribution in [1.29, 1.82) is 0 Å². The fraction of sp³-hybridized carbons (Fsp3) is 0.167. The van der Waals surface area contributed by atoms with Crippen molar-refractivity contribution < 1.29 is 0 Å². The van der Waals surface area contributed by atoms with Crippen molar-refractivity contribution in [1.82, 2.24) is 20.0 Å². The molecule has 1 aromatic carbocycles. The van der Waals surface area contributed by atoms with Gasteiger partial charge < -0.3 is 5.73 Å². The summed E-state index contributed by atoms with van der Waals surface area (Å²) >= 11 is 2.89. The number of hydrogen-bond donors (Lipinski definition) is 1. The van der Waals surface area contributed by atoms with Gasteiger partial charge >= 0.3 is 0 Å². The van der Waals surface area contributed by atoms with Crippen LogP contribution in [-0.2, 0) is 5.88 Å². The van der Waals surface area contributed by atoms with Gasteiger partial charge in [-0.05, 0) is 19.1 Å². The Morgan fingerprint density at radius 1 is 1.40 bits per heavy atom. The molecule has 0 aliphatic carbocycles. The number of fused-ring (bicyclic) bond motifs is 1. The highest BCUT2D eigenvalue weighted by atomic mass is 32.2. The topological polar surface area (TPSA) is 86.7 Å². The van der Waals surface area contributed by atoms with Crippen LogP contribution in [0.3, 0.4) is 0 Å². The number of nitrogen functional groups attached to an aromatic ring is 1. The molecule has 0 saturated carbocycles. The molecule has 0 unspecified atom stereocenters. The second kappa shape index (κ2) is 5.22. The number of benzene rings is 1. The van der Waals surface area contributed by atoms with Gasteiger partial charge in [-0.3, -0.25) is 4.79 Å². The molecule has 2 aromatic heterocycles. The van der Waals surface area contributed by atoms with E-state index in [0.717, 1.165) is 9.90 Å². The van der Waals surface area contributed by atoms with E-state index in [1.54, 1.807) is 12.1 Å². The van der Waals surface area contributed by atoms with E-state index in [9.17, 15) is 4.79 Å². The van der Waals surface area contributed by atoms with Crippen LogP contribution < -0.4 is 11.3 Å². The maximum absolute atomic E-state index is 12.3. The normalized spacial score (nSPS) is 11.1. The van der Waals surface area contributed by atoms with E-state index in [1.807, 2.05) is 19.1 Å². The third-order valence-corrected chi connectivity index (χ3v) is 5.03. The lowest BCUT2D eigenvalue weighted by Gasteiger charge is -2.03. The van der Waals surface area contributed by atoms with Crippen molar-refractivity contribution >= 4 is 39.1 Å². The molecule has 6 nitrogen and oxygen atoms in total. The molecule has 0 amide bonds. The average molecular weight is 305 g/mol. The molecule has 0 bridgehead atoms. The summed E-state index contributed by atoms with van der Waals surface area (Å²) in [6.07, 6.45) is 0. The lowest BCUT2D eigenvalue weighted by Crippen LogP contribution is -2.23. The van der Waals surface area contributed by atoms with E-state index in [1.165, 1.54) is 27.8 Å². The second-order valence-electron chi connectivity index (χ2n) is 4.11. The van der Waals surface area contributed by atoms with Gasteiger partial charge in [0, 0.05) is 0 Å². The molecule has 0 spiro atoms. The number of hydrogen-bond acceptors (Lipinski definition) is 7. The number of anilines is 1. The number of aryl methyl sites for hydroxylation is 1. The minimum Gasteiger partial charge on any atom is -0.375 e. The zero-order chi connectivity index (χ0) is 14.1. The van der Waals surface area contributed by atoms with E-state index < -0.39 is 0 Å². The van der Waals surface area contributed by atoms with Crippen molar-refractivity contribution in [2.24, 2.45) is 0 Å². The van der Waals surface area contributed by atoms with E-state index >= 15 is 0 Å². The molecular formula is C12H11N5OS2. The third-order valence-electron chi connectivity index (χ3n) is 2.72. The predicted molar refractivity (Wildman–Crippen MR) is 80.9 cm³/mol. The minimum absolute atomic E-state index is 0.141. The van der Waals surface area contributed by atoms with Crippen LogP contribution in [0.2, 0.25) is 0 Å². The molecule has 0 atom stereocenters. The number of rotatable bonds is 3. The van der Waals surface area contributed by atoms with Crippen molar-refractivity contribution in [2.45, 2.75) is 17.0 Å². The Morgan fingerprint density at radius 3 is 2.95 bits per heavy atom. The lowest BCUT2D eigenvalue weighted by atomic mass is 10.2. The fourth-order valence-electron chi connectivity index (χ4n) is 1.76. The first-order chi connectivity index (χ1) is 9.65. The number of thioether (sulfide) groups is 1. The smallest absolute Gasteiger partial charge is 0.278 e. The molecule has 0 aliphatic heterocycles. The van der Waals surface area contributed by atoms with Crippen molar-refractivity contribution in [3.05, 3.63) is 40.3 Å². The Morgan fingerprint density at radius 2 is 2.20 bits per heavy atom. The summed E-state index contributed by atoms with van der Waals surface area (Å²) in [6.45, 7) is 1.89. The molecular weight excluding hydrogens is 294 g/mol. The van der Waals surface area contributed by atoms with Crippen LogP contribution in [0.15, 0.2) is 33.3 Å². The standard InChI is InChI=1S/C12H11N5OS2/c1-7-11(20-12(13)14-7)19-6-17-10(18)8-4-2-3-5-9(8)15-16-17/h2-5H,6H2,1H3,(H2,13,14). The van der Waals surface area contributed by atoms with Crippen molar-refractivity contribution in [3.63, 3.8) is 0 Å². The average Bonchev–Trinajstić information content (AvgIpc) is 2.77. The highest BCUT2D eigenvalue weighted by molar-refractivity contribution is 8.00. The summed E-state index contributed by atoms with van der Waals surface area (Å²) < 4.78 is 2.34. The second-order valence-corrected chi connectivity index (χ2v) is 6.35. The zero-order valence-corrected chi connectivity index (χ0v) is 12.2. The Bertz CT molecular complexity index is 826. The van der Waals surface area contributed by atoms with Gasteiger partial charge in [-0.1, -0.05) is 40.4 Å². The van der Waals surface area contributed by atoms with Crippen molar-refractivity contribution in [2.75, 3.05) is 5.73 Å². The van der Waals surface area contributed by atoms with E-state index in [0.29, 0.717) is 21.9 Å². The SMILES string of the molecule is Cc1nc(N)sc1SCn1nnc2ccccc2c1=O. The third kappa shape index (κ3) is 2.39. The largest absolute Gasteiger partial charge is 0.375 e. The molecule has 2 N–H and O–H groups in total. The molecule has 3 rings (SSSR count). The van der Waals surface area contributed by atoms with E-state index in [2.05, 4.69) is 15.3 Å². The Labute approximate surface area is 122 Å². The quantitative estimate of drug-likeness (QED) is 0.744. The van der Waals surface area contributed by atoms with Crippen LogP contribution in [0.5, 0.6) is 0 Å². The lowest BCUT2D eigenvalue weighted by molar-refractivity contribution is 0.645. The van der Waals surface area contributed by atoms with Gasteiger partial charge in [0.05, 0.1) is 21.2 Å². The van der Waals surface area contributed by atoms with Gasteiger partial charge in [0.1, 0.15) is 5.52 Å². The summed E-state index contributed by atoms with van der Waals surface area (Å²) in [5, 5.41) is 9.09. The van der Waals surface area contributed by atoms with Gasteiger partial charge in [0.2, 0.25) is 0 Å². The molecule has 0 aliphatic rings. The Balaban J connectivity index is 1.90. The van der Waals surface area contributed by atoms with Crippen LogP contribution in [0.25, 0.3) is 10.9 Å². The molecule has 2 heterocycles. The van der Waals surface area contributed by atoms with E-state index in [4.69, 9.17) is 5.73 Å². The first-order valence-corrected chi connectivity index (χ1v) is 7.63. The molecule has 0 radical (unpaired) electrons. The van der Waals surface area contributed by atoms with Gasteiger partial charge in [-0.25, -0.2) is 9.67 Å². The van der Waals surface area contributed by atoms with Crippen LogP contribution in [-0.4, -0.2) is 20.0 Å². The first-order valence-electron chi connectivity index (χ1n) is 5.83. The minimum atomic E-state index is -0.141. The Hall–Kier alpha value is -1.93. The van der Waals surface area contributed by atoms with Crippen molar-refractivity contribution in [3.8, 4) is 0 Å². The molecule has 102 valence electrons. The van der Waals surface area contributed by atoms with Crippen LogP contribution in [0.1, 0.15) is 5.69 Å². The monoisotopic (exact) mass is 305 g/mol. The molecule has 20 heavy (non-hydrogen) atoms. The Kier molecular flexibility index (Phi) is 3.41. The first kappa shape index (κ1) is 13.1. The maximum Gasteiger partial charge on any atom is 0.278 e. The fourth-order valence-corrected chi connectivity index (χ4v) is 3.64. The van der Waals surface area contributed by atoms with Crippen LogP contribution in [0.4, 0.5) is 5.13 Å². The molecule has 0 fully saturated rings. The summed E-state index contributed by atoms with van der Waals surface area (Å²) in [7, 11) is 0. The zero-order valence-electron chi connectivity index (χ0n) is 10.6. The van der Waals surface area contributed by atoms with E-state index in [-0.39, 0.29) is 5.56 Å². The number of aromatic nitrogens is 4. The predicted octanol–water partition coefficient (Wildman–Crippen LogP) is 1.89. The molecule has 0 saturated heterocycles. The number of thiazole rings is 1. The summed E-state index contributed by atoms with van der Waals surface area (Å²) in [4.78, 5) is 16.4. The van der Waals surface area contributed by atoms with Crippen LogP contribution in [0, 0.1) is 6.92 Å². The molecule has 8 heteroatoms. The summed E-state index contributed by atoms with van der Waals surface area (Å²) in [5.74, 6) is 0.388. The summed E-state index contributed by atoms with van der Waals surface area (Å²) in [6, 6.07) is 7.18. The van der Waals surface area contributed by atoms with Crippen LogP contribution >= 0.6 is 23.1 Å². The highest BCUT2D eigenvalue weighted by Gasteiger charge is 2.09.